The third kappa shape index (κ3) is 4.48. The highest BCUT2D eigenvalue weighted by Crippen LogP contribution is 1.99. The van der Waals surface area contributed by atoms with Crippen LogP contribution in [0.5, 0.6) is 0 Å². The summed E-state index contributed by atoms with van der Waals surface area (Å²) in [5.41, 5.74) is 0. The van der Waals surface area contributed by atoms with Crippen molar-refractivity contribution in [1.82, 2.24) is 0 Å². The maximum Gasteiger partial charge on any atom is 0.0114 e. The van der Waals surface area contributed by atoms with Gasteiger partial charge >= 0.3 is 0 Å². The number of alkyl halides is 1. The van der Waals surface area contributed by atoms with Crippen molar-refractivity contribution in [1.29, 1.82) is 0 Å². The third-order valence-corrected chi connectivity index (χ3v) is 1.21. The van der Waals surface area contributed by atoms with Crippen molar-refractivity contribution in [2.24, 2.45) is 0 Å². The summed E-state index contributed by atoms with van der Waals surface area (Å²) in [6.07, 6.45) is 1.22. The van der Waals surface area contributed by atoms with Crippen LogP contribution in [0.25, 0.3) is 0 Å². The lowest BCUT2D eigenvalue weighted by atomic mass is 10.4. The Morgan fingerprint density at radius 2 is 2.00 bits per heavy atom. The van der Waals surface area contributed by atoms with E-state index in [1.807, 2.05) is 0 Å². The molecular formula is C4H9Br. The van der Waals surface area contributed by atoms with E-state index in [-0.39, 0.29) is 0 Å². The number of hydrogen-bond acceptors (Lipinski definition) is 0. The van der Waals surface area contributed by atoms with Crippen LogP contribution in [-0.4, -0.2) is 4.83 Å². The average molecular weight is 137 g/mol. The van der Waals surface area contributed by atoms with Crippen molar-refractivity contribution in [3.63, 3.8) is 0 Å². The molecule has 0 unspecified atom stereocenters. The lowest BCUT2D eigenvalue weighted by Gasteiger charge is -1.88. The second kappa shape index (κ2) is 2.70. The van der Waals surface area contributed by atoms with Crippen LogP contribution in [0.1, 0.15) is 20.3 Å². The fourth-order valence-corrected chi connectivity index (χ4v) is 0. The summed E-state index contributed by atoms with van der Waals surface area (Å²) in [5, 5.41) is 0. The van der Waals surface area contributed by atoms with Gasteiger partial charge in [-0.25, -0.2) is 0 Å². The fraction of sp³-hybridized carbons (Fsp3) is 1.00. The van der Waals surface area contributed by atoms with Gasteiger partial charge in [0, 0.05) is 4.83 Å². The predicted molar refractivity (Wildman–Crippen MR) is 28.7 cm³/mol. The van der Waals surface area contributed by atoms with Gasteiger partial charge in [0.25, 0.3) is 0 Å². The fourth-order valence-electron chi connectivity index (χ4n) is 0. The zero-order chi connectivity index (χ0) is 4.28. The van der Waals surface area contributed by atoms with Crippen LogP contribution in [0, 0.1) is 0 Å². The Morgan fingerprint density at radius 1 is 1.80 bits per heavy atom. The molecule has 1 heteroatoms. The normalized spacial score (nSPS) is 15.0. The van der Waals surface area contributed by atoms with Crippen molar-refractivity contribution in [3.8, 4) is 0 Å². The maximum atomic E-state index is 3.37. The first kappa shape index (κ1) is 5.48. The molecule has 0 aliphatic carbocycles. The molecule has 0 heterocycles. The largest absolute Gasteiger partial charge is 0.0894 e. The number of hydrogen-bond donors (Lipinski definition) is 0. The minimum atomic E-state index is 0.697. The number of rotatable bonds is 1. The average Bonchev–Trinajstić information content (AvgIpc) is 1.38. The molecule has 0 aliphatic rings. The van der Waals surface area contributed by atoms with E-state index in [0.717, 1.165) is 0 Å². The molecule has 0 radical (unpaired) electrons. The second-order valence-corrected chi connectivity index (χ2v) is 2.75. The Balaban J connectivity index is 2.54. The predicted octanol–water partition coefficient (Wildman–Crippen LogP) is 2.18. The Hall–Kier alpha value is 0.480. The summed E-state index contributed by atoms with van der Waals surface area (Å²) in [7, 11) is 0. The summed E-state index contributed by atoms with van der Waals surface area (Å²) in [6.45, 7) is 4.29. The van der Waals surface area contributed by atoms with Crippen LogP contribution >= 0.6 is 15.9 Å². The van der Waals surface area contributed by atoms with E-state index in [1.54, 1.807) is 0 Å². The summed E-state index contributed by atoms with van der Waals surface area (Å²) in [6, 6.07) is 0. The van der Waals surface area contributed by atoms with Crippen LogP contribution in [0.4, 0.5) is 0 Å². The molecule has 32 valence electrons. The molecule has 0 saturated heterocycles. The van der Waals surface area contributed by atoms with Crippen molar-refractivity contribution < 1.29 is 0 Å². The Kier molecular flexibility index (Phi) is 2.96. The van der Waals surface area contributed by atoms with Crippen molar-refractivity contribution in [2.75, 3.05) is 0 Å². The molecule has 0 bridgehead atoms. The molecule has 0 saturated carbocycles. The molecular weight excluding hydrogens is 128 g/mol. The lowest BCUT2D eigenvalue weighted by Crippen LogP contribution is -1.80. The van der Waals surface area contributed by atoms with Gasteiger partial charge < -0.3 is 0 Å². The molecule has 0 spiro atoms. The van der Waals surface area contributed by atoms with Crippen molar-refractivity contribution >= 4 is 15.9 Å². The first-order chi connectivity index (χ1) is 2.27. The SMILES string of the molecule is CC[C@H](C)Br. The Bertz CT molecular complexity index is 17.6. The zero-order valence-corrected chi connectivity index (χ0v) is 5.25. The highest BCUT2D eigenvalue weighted by molar-refractivity contribution is 9.09. The van der Waals surface area contributed by atoms with Gasteiger partial charge in [-0.15, -0.1) is 0 Å². The van der Waals surface area contributed by atoms with Gasteiger partial charge in [-0.2, -0.15) is 0 Å². The van der Waals surface area contributed by atoms with Gasteiger partial charge in [-0.3, -0.25) is 0 Å². The van der Waals surface area contributed by atoms with E-state index >= 15 is 0 Å². The molecule has 0 aromatic heterocycles. The van der Waals surface area contributed by atoms with E-state index in [0.29, 0.717) is 4.83 Å². The molecule has 0 nitrogen and oxygen atoms in total. The second-order valence-electron chi connectivity index (χ2n) is 1.19. The van der Waals surface area contributed by atoms with E-state index < -0.39 is 0 Å². The lowest BCUT2D eigenvalue weighted by molar-refractivity contribution is 0.922. The molecule has 0 aliphatic heterocycles. The molecule has 0 aromatic carbocycles. The zero-order valence-electron chi connectivity index (χ0n) is 3.66. The van der Waals surface area contributed by atoms with Crippen molar-refractivity contribution in [3.05, 3.63) is 0 Å². The third-order valence-electron chi connectivity index (χ3n) is 0.563. The summed E-state index contributed by atoms with van der Waals surface area (Å²) in [4.78, 5) is 0.697. The summed E-state index contributed by atoms with van der Waals surface area (Å²) >= 11 is 3.37. The highest BCUT2D eigenvalue weighted by Gasteiger charge is 1.82. The topological polar surface area (TPSA) is 0 Å². The monoisotopic (exact) mass is 136 g/mol. The van der Waals surface area contributed by atoms with Gasteiger partial charge in [-0.1, -0.05) is 29.8 Å². The first-order valence-corrected chi connectivity index (χ1v) is 2.83. The molecule has 5 heavy (non-hydrogen) atoms. The summed E-state index contributed by atoms with van der Waals surface area (Å²) < 4.78 is 0. The van der Waals surface area contributed by atoms with Gasteiger partial charge in [-0.05, 0) is 6.42 Å². The smallest absolute Gasteiger partial charge is 0.0114 e. The molecule has 0 amide bonds. The highest BCUT2D eigenvalue weighted by atomic mass is 79.9. The first-order valence-electron chi connectivity index (χ1n) is 1.91. The Labute approximate surface area is 41.7 Å². The maximum absolute atomic E-state index is 3.37. The van der Waals surface area contributed by atoms with E-state index in [1.165, 1.54) is 6.42 Å². The van der Waals surface area contributed by atoms with Crippen LogP contribution in [0.2, 0.25) is 0 Å². The van der Waals surface area contributed by atoms with Crippen LogP contribution in [0.15, 0.2) is 0 Å². The van der Waals surface area contributed by atoms with E-state index in [2.05, 4.69) is 29.8 Å². The van der Waals surface area contributed by atoms with Gasteiger partial charge in [0.1, 0.15) is 0 Å². The summed E-state index contributed by atoms with van der Waals surface area (Å²) in [5.74, 6) is 0. The van der Waals surface area contributed by atoms with Gasteiger partial charge in [0.15, 0.2) is 0 Å². The molecule has 1 atom stereocenters. The van der Waals surface area contributed by atoms with E-state index in [9.17, 15) is 0 Å². The van der Waals surface area contributed by atoms with E-state index in [4.69, 9.17) is 0 Å². The van der Waals surface area contributed by atoms with Crippen LogP contribution < -0.4 is 0 Å². The minimum absolute atomic E-state index is 0.697. The molecule has 0 aromatic rings. The molecule has 0 fully saturated rings. The van der Waals surface area contributed by atoms with Gasteiger partial charge in [0.05, 0.1) is 0 Å². The quantitative estimate of drug-likeness (QED) is 0.486. The van der Waals surface area contributed by atoms with Gasteiger partial charge in [0.2, 0.25) is 0 Å². The standard InChI is InChI=1S/C4H9Br/c1-3-4(2)5/h4H,3H2,1-2H3/t4-/m0/s1. The van der Waals surface area contributed by atoms with Crippen LogP contribution in [0.3, 0.4) is 0 Å². The Morgan fingerprint density at radius 3 is 2.00 bits per heavy atom. The molecule has 0 rings (SSSR count). The molecule has 0 N–H and O–H groups in total. The van der Waals surface area contributed by atoms with Crippen molar-refractivity contribution in [2.45, 2.75) is 25.1 Å². The minimum Gasteiger partial charge on any atom is -0.0894 e. The van der Waals surface area contributed by atoms with Crippen LogP contribution in [-0.2, 0) is 0 Å². The number of halogens is 1.